The molecule has 2 aliphatic rings. The van der Waals surface area contributed by atoms with Crippen molar-refractivity contribution in [2.24, 2.45) is 0 Å². The Balaban J connectivity index is 1.10. The second-order valence-electron chi connectivity index (χ2n) is 10.3. The molecule has 1 atom stereocenters. The summed E-state index contributed by atoms with van der Waals surface area (Å²) in [5, 5.41) is 24.5. The van der Waals surface area contributed by atoms with Crippen LogP contribution in [0.3, 0.4) is 0 Å². The number of aromatic nitrogens is 1. The van der Waals surface area contributed by atoms with Gasteiger partial charge in [-0.1, -0.05) is 41.4 Å². The van der Waals surface area contributed by atoms with Gasteiger partial charge in [0.15, 0.2) is 0 Å². The van der Waals surface area contributed by atoms with Crippen LogP contribution in [0.4, 0.5) is 0 Å². The Morgan fingerprint density at radius 1 is 1.08 bits per heavy atom. The van der Waals surface area contributed by atoms with E-state index < -0.39 is 11.7 Å². The molecule has 0 spiro atoms. The predicted molar refractivity (Wildman–Crippen MR) is 149 cm³/mol. The van der Waals surface area contributed by atoms with Crippen LogP contribution in [-0.4, -0.2) is 75.3 Å². The van der Waals surface area contributed by atoms with Crippen molar-refractivity contribution in [2.45, 2.75) is 43.3 Å². The van der Waals surface area contributed by atoms with E-state index in [-0.39, 0.29) is 5.91 Å². The lowest BCUT2D eigenvalue weighted by Crippen LogP contribution is -2.56. The number of aromatic amines is 1. The van der Waals surface area contributed by atoms with Crippen molar-refractivity contribution >= 4 is 46.1 Å². The number of aliphatic hydroxyl groups is 2. The zero-order chi connectivity index (χ0) is 26.0. The molecule has 3 heterocycles. The van der Waals surface area contributed by atoms with Crippen molar-refractivity contribution in [3.05, 3.63) is 75.9 Å². The monoisotopic (exact) mass is 541 g/mol. The SMILES string of the molecule is O=C(C=Cc1cc(Cl)cc(Cl)c1)N1CCC(O)(C(O)CN2CCC(c3c[nH]c4ccccc34)CC2)CC1. The molecule has 0 bridgehead atoms. The number of amides is 1. The molecule has 3 N–H and O–H groups in total. The summed E-state index contributed by atoms with van der Waals surface area (Å²) in [6, 6.07) is 13.5. The van der Waals surface area contributed by atoms with Gasteiger partial charge in [0.05, 0.1) is 11.7 Å². The van der Waals surface area contributed by atoms with Gasteiger partial charge in [-0.25, -0.2) is 0 Å². The molecule has 0 saturated carbocycles. The first-order valence-electron chi connectivity index (χ1n) is 12.9. The normalized spacial score (nSPS) is 20.1. The van der Waals surface area contributed by atoms with E-state index in [0.29, 0.717) is 48.4 Å². The summed E-state index contributed by atoms with van der Waals surface area (Å²) in [6.07, 6.45) is 7.23. The van der Waals surface area contributed by atoms with Crippen molar-refractivity contribution in [1.29, 1.82) is 0 Å². The zero-order valence-corrected chi connectivity index (χ0v) is 22.3. The van der Waals surface area contributed by atoms with Gasteiger partial charge in [0.2, 0.25) is 5.91 Å². The molecule has 0 radical (unpaired) electrons. The Hall–Kier alpha value is -2.35. The number of benzene rings is 2. The van der Waals surface area contributed by atoms with Crippen LogP contribution in [-0.2, 0) is 4.79 Å². The van der Waals surface area contributed by atoms with E-state index in [9.17, 15) is 15.0 Å². The van der Waals surface area contributed by atoms with E-state index in [2.05, 4.69) is 34.3 Å². The molecule has 2 saturated heterocycles. The van der Waals surface area contributed by atoms with Crippen LogP contribution in [0.2, 0.25) is 10.0 Å². The number of para-hydroxylation sites is 1. The van der Waals surface area contributed by atoms with E-state index in [1.807, 2.05) is 6.07 Å². The third-order valence-electron chi connectivity index (χ3n) is 7.94. The Morgan fingerprint density at radius 3 is 2.46 bits per heavy atom. The smallest absolute Gasteiger partial charge is 0.246 e. The van der Waals surface area contributed by atoms with E-state index >= 15 is 0 Å². The molecular formula is C29H33Cl2N3O3. The topological polar surface area (TPSA) is 79.8 Å². The number of rotatable bonds is 6. The fourth-order valence-electron chi connectivity index (χ4n) is 5.66. The van der Waals surface area contributed by atoms with Crippen LogP contribution in [0, 0.1) is 0 Å². The minimum absolute atomic E-state index is 0.132. The first-order valence-corrected chi connectivity index (χ1v) is 13.7. The van der Waals surface area contributed by atoms with Crippen molar-refractivity contribution in [3.63, 3.8) is 0 Å². The van der Waals surface area contributed by atoms with Crippen LogP contribution in [0.15, 0.2) is 54.7 Å². The van der Waals surface area contributed by atoms with E-state index in [1.54, 1.807) is 29.2 Å². The lowest BCUT2D eigenvalue weighted by Gasteiger charge is -2.43. The number of H-pyrrole nitrogens is 1. The predicted octanol–water partition coefficient (Wildman–Crippen LogP) is 5.08. The first-order chi connectivity index (χ1) is 17.8. The van der Waals surface area contributed by atoms with Crippen molar-refractivity contribution in [1.82, 2.24) is 14.8 Å². The van der Waals surface area contributed by atoms with Gasteiger partial charge in [-0.15, -0.1) is 0 Å². The highest BCUT2D eigenvalue weighted by Gasteiger charge is 2.40. The van der Waals surface area contributed by atoms with Crippen molar-refractivity contribution < 1.29 is 15.0 Å². The van der Waals surface area contributed by atoms with Gasteiger partial charge in [0, 0.05) is 52.9 Å². The van der Waals surface area contributed by atoms with Crippen LogP contribution < -0.4 is 0 Å². The maximum atomic E-state index is 12.7. The number of carbonyl (C=O) groups excluding carboxylic acids is 1. The minimum atomic E-state index is -1.19. The lowest BCUT2D eigenvalue weighted by atomic mass is 9.84. The van der Waals surface area contributed by atoms with Gasteiger partial charge in [0.25, 0.3) is 0 Å². The molecule has 0 aliphatic carbocycles. The fourth-order valence-corrected chi connectivity index (χ4v) is 6.21. The number of β-amino-alcohol motifs (C(OH)–C–C–N with tert-alkyl or cyclic N) is 1. The van der Waals surface area contributed by atoms with E-state index in [4.69, 9.17) is 23.2 Å². The summed E-state index contributed by atoms with van der Waals surface area (Å²) >= 11 is 12.1. The minimum Gasteiger partial charge on any atom is -0.389 e. The second-order valence-corrected chi connectivity index (χ2v) is 11.2. The molecule has 2 aliphatic heterocycles. The number of fused-ring (bicyclic) bond motifs is 1. The van der Waals surface area contributed by atoms with Crippen molar-refractivity contribution in [3.8, 4) is 0 Å². The summed E-state index contributed by atoms with van der Waals surface area (Å²) in [5.41, 5.74) is 2.11. The average Bonchev–Trinajstić information content (AvgIpc) is 3.32. The standard InChI is InChI=1S/C29H33Cl2N3O3/c30-22-15-20(16-23(31)17-22)5-6-28(36)34-13-9-29(37,10-14-34)27(35)19-33-11-7-21(8-12-33)25-18-32-26-4-2-1-3-24(25)26/h1-6,15-18,21,27,32,35,37H,7-14,19H2. The Kier molecular flexibility index (Phi) is 7.93. The summed E-state index contributed by atoms with van der Waals surface area (Å²) in [4.78, 5) is 20.0. The summed E-state index contributed by atoms with van der Waals surface area (Å²) in [5.74, 6) is 0.366. The third kappa shape index (κ3) is 6.05. The van der Waals surface area contributed by atoms with Crippen molar-refractivity contribution in [2.75, 3.05) is 32.7 Å². The number of aliphatic hydroxyl groups excluding tert-OH is 1. The van der Waals surface area contributed by atoms with Crippen LogP contribution in [0.5, 0.6) is 0 Å². The Labute approximate surface area is 227 Å². The maximum Gasteiger partial charge on any atom is 0.246 e. The van der Waals surface area contributed by atoms with Gasteiger partial charge < -0.3 is 25.0 Å². The number of carbonyl (C=O) groups is 1. The number of halogens is 2. The van der Waals surface area contributed by atoms with E-state index in [0.717, 1.165) is 31.5 Å². The fraction of sp³-hybridized carbons (Fsp3) is 0.414. The second kappa shape index (κ2) is 11.2. The molecule has 8 heteroatoms. The molecule has 196 valence electrons. The van der Waals surface area contributed by atoms with Gasteiger partial charge in [-0.3, -0.25) is 4.79 Å². The maximum absolute atomic E-state index is 12.7. The first kappa shape index (κ1) is 26.3. The molecule has 1 amide bonds. The summed E-state index contributed by atoms with van der Waals surface area (Å²) in [6.45, 7) is 3.02. The molecule has 2 fully saturated rings. The van der Waals surface area contributed by atoms with Gasteiger partial charge >= 0.3 is 0 Å². The van der Waals surface area contributed by atoms with Crippen LogP contribution in [0.1, 0.15) is 42.7 Å². The molecular weight excluding hydrogens is 509 g/mol. The zero-order valence-electron chi connectivity index (χ0n) is 20.7. The quantitative estimate of drug-likeness (QED) is 0.380. The summed E-state index contributed by atoms with van der Waals surface area (Å²) in [7, 11) is 0. The molecule has 1 unspecified atom stereocenters. The average molecular weight is 543 g/mol. The number of piperidine rings is 2. The van der Waals surface area contributed by atoms with Crippen LogP contribution in [0.25, 0.3) is 17.0 Å². The molecule has 1 aromatic heterocycles. The highest BCUT2D eigenvalue weighted by molar-refractivity contribution is 6.34. The largest absolute Gasteiger partial charge is 0.389 e. The summed E-state index contributed by atoms with van der Waals surface area (Å²) < 4.78 is 0. The third-order valence-corrected chi connectivity index (χ3v) is 8.38. The van der Waals surface area contributed by atoms with Gasteiger partial charge in [-0.05, 0) is 86.2 Å². The molecule has 6 nitrogen and oxygen atoms in total. The highest BCUT2D eigenvalue weighted by Crippen LogP contribution is 2.34. The van der Waals surface area contributed by atoms with Gasteiger partial charge in [-0.2, -0.15) is 0 Å². The molecule has 3 aromatic rings. The molecule has 37 heavy (non-hydrogen) atoms. The Bertz CT molecular complexity index is 1250. The van der Waals surface area contributed by atoms with Crippen LogP contribution >= 0.6 is 23.2 Å². The number of likely N-dealkylation sites (tertiary alicyclic amines) is 2. The lowest BCUT2D eigenvalue weighted by molar-refractivity contribution is -0.140. The molecule has 5 rings (SSSR count). The highest BCUT2D eigenvalue weighted by atomic mass is 35.5. The number of nitrogens with zero attached hydrogens (tertiary/aromatic N) is 2. The number of nitrogens with one attached hydrogen (secondary N) is 1. The number of hydrogen-bond acceptors (Lipinski definition) is 4. The molecule has 2 aromatic carbocycles. The van der Waals surface area contributed by atoms with Gasteiger partial charge in [0.1, 0.15) is 0 Å². The Morgan fingerprint density at radius 2 is 1.76 bits per heavy atom. The van der Waals surface area contributed by atoms with E-state index in [1.165, 1.54) is 22.5 Å². The number of hydrogen-bond donors (Lipinski definition) is 3.